The Morgan fingerprint density at radius 2 is 1.73 bits per heavy atom. The summed E-state index contributed by atoms with van der Waals surface area (Å²) in [5.41, 5.74) is 8.33. The topological polar surface area (TPSA) is 160 Å². The van der Waals surface area contributed by atoms with Crippen LogP contribution in [0, 0.1) is 5.41 Å². The molecule has 1 amide bonds. The van der Waals surface area contributed by atoms with E-state index in [9.17, 15) is 13.2 Å². The van der Waals surface area contributed by atoms with Gasteiger partial charge < -0.3 is 21.1 Å². The second-order valence-corrected chi connectivity index (χ2v) is 8.78. The number of ether oxygens (including phenoxy) is 1. The number of carbonyl (C=O) groups is 1. The van der Waals surface area contributed by atoms with Crippen molar-refractivity contribution in [1.29, 1.82) is 5.41 Å². The molecule has 0 fully saturated rings. The van der Waals surface area contributed by atoms with E-state index < -0.39 is 16.1 Å². The number of nitrogens with one attached hydrogen (secondary N) is 3. The monoisotopic (exact) mass is 467 g/mol. The summed E-state index contributed by atoms with van der Waals surface area (Å²) in [5.74, 6) is -0.404. The molecule has 0 heterocycles. The smallest absolute Gasteiger partial charge is 0.249 e. The van der Waals surface area contributed by atoms with Crippen molar-refractivity contribution in [3.8, 4) is 11.1 Å². The van der Waals surface area contributed by atoms with Crippen LogP contribution >= 0.6 is 0 Å². The number of amidine groups is 1. The lowest BCUT2D eigenvalue weighted by molar-refractivity contribution is -0.117. The maximum absolute atomic E-state index is 12.8. The van der Waals surface area contributed by atoms with Gasteiger partial charge in [-0.2, -0.15) is 0 Å². The minimum atomic E-state index is -3.88. The summed E-state index contributed by atoms with van der Waals surface area (Å²) in [5, 5.41) is 18.8. The summed E-state index contributed by atoms with van der Waals surface area (Å²) in [6.07, 6.45) is 0. The second-order valence-electron chi connectivity index (χ2n) is 7.25. The number of amides is 1. The highest BCUT2D eigenvalue weighted by Gasteiger charge is 2.19. The number of methoxy groups -OCH3 is 1. The summed E-state index contributed by atoms with van der Waals surface area (Å²) in [4.78, 5) is 12.9. The van der Waals surface area contributed by atoms with E-state index in [0.29, 0.717) is 28.1 Å². The zero-order valence-electron chi connectivity index (χ0n) is 17.9. The molecule has 172 valence electrons. The van der Waals surface area contributed by atoms with Crippen LogP contribution in [-0.4, -0.2) is 39.9 Å². The van der Waals surface area contributed by atoms with Crippen molar-refractivity contribution in [1.82, 2.24) is 0 Å². The summed E-state index contributed by atoms with van der Waals surface area (Å²) < 4.78 is 28.9. The molecular weight excluding hydrogens is 442 g/mol. The highest BCUT2D eigenvalue weighted by Crippen LogP contribution is 2.27. The predicted molar refractivity (Wildman–Crippen MR) is 129 cm³/mol. The van der Waals surface area contributed by atoms with Crippen LogP contribution in [0.15, 0.2) is 77.7 Å². The standard InChI is InChI=1S/C23H25N5O4S/c1-32-14-20(27-18-6-4-5-16(13-18)22(24)25)23(29)28-17-11-9-15(10-12-17)19-7-2-3-8-21(19)33(26,30)31/h2-13,20,27H,14H2,1H3,(H3,24,25)(H,28,29)(H2,26,30,31)/t20-/m0/s1. The van der Waals surface area contributed by atoms with E-state index in [0.717, 1.165) is 0 Å². The molecule has 0 saturated heterocycles. The Hall–Kier alpha value is -3.73. The number of rotatable bonds is 9. The van der Waals surface area contributed by atoms with E-state index in [1.807, 2.05) is 0 Å². The van der Waals surface area contributed by atoms with Gasteiger partial charge in [-0.1, -0.05) is 42.5 Å². The molecule has 33 heavy (non-hydrogen) atoms. The molecule has 3 rings (SSSR count). The third-order valence-electron chi connectivity index (χ3n) is 4.82. The van der Waals surface area contributed by atoms with Gasteiger partial charge in [-0.25, -0.2) is 13.6 Å². The Morgan fingerprint density at radius 3 is 2.36 bits per heavy atom. The first-order valence-electron chi connectivity index (χ1n) is 9.92. The maximum Gasteiger partial charge on any atom is 0.249 e. The van der Waals surface area contributed by atoms with E-state index in [-0.39, 0.29) is 23.2 Å². The average molecular weight is 468 g/mol. The minimum absolute atomic E-state index is 0.0268. The number of sulfonamides is 1. The average Bonchev–Trinajstić information content (AvgIpc) is 2.79. The Labute approximate surface area is 192 Å². The molecule has 0 aromatic heterocycles. The van der Waals surface area contributed by atoms with Gasteiger partial charge >= 0.3 is 0 Å². The Morgan fingerprint density at radius 1 is 1.03 bits per heavy atom. The minimum Gasteiger partial charge on any atom is -0.384 e. The molecule has 0 aliphatic carbocycles. The fourth-order valence-electron chi connectivity index (χ4n) is 3.24. The molecule has 0 saturated carbocycles. The third kappa shape index (κ3) is 6.16. The summed E-state index contributed by atoms with van der Waals surface area (Å²) in [6.45, 7) is 0.107. The molecule has 0 radical (unpaired) electrons. The number of hydrogen-bond donors (Lipinski definition) is 5. The van der Waals surface area contributed by atoms with Crippen LogP contribution < -0.4 is 21.5 Å². The van der Waals surface area contributed by atoms with E-state index in [1.54, 1.807) is 66.7 Å². The quantitative estimate of drug-likeness (QED) is 0.240. The van der Waals surface area contributed by atoms with Gasteiger partial charge in [0.05, 0.1) is 11.5 Å². The van der Waals surface area contributed by atoms with Crippen molar-refractivity contribution in [2.24, 2.45) is 10.9 Å². The van der Waals surface area contributed by atoms with Crippen molar-refractivity contribution in [3.05, 3.63) is 78.4 Å². The molecule has 3 aromatic rings. The number of anilines is 2. The molecule has 0 unspecified atom stereocenters. The van der Waals surface area contributed by atoms with E-state index in [2.05, 4.69) is 10.6 Å². The highest BCUT2D eigenvalue weighted by molar-refractivity contribution is 7.89. The number of primary sulfonamides is 1. The van der Waals surface area contributed by atoms with Gasteiger partial charge in [0.25, 0.3) is 0 Å². The number of nitrogen functional groups attached to an aromatic ring is 1. The van der Waals surface area contributed by atoms with Crippen LogP contribution in [0.2, 0.25) is 0 Å². The molecule has 10 heteroatoms. The second kappa shape index (κ2) is 10.3. The van der Waals surface area contributed by atoms with Gasteiger partial charge in [0.15, 0.2) is 0 Å². The number of benzene rings is 3. The lowest BCUT2D eigenvalue weighted by atomic mass is 10.1. The molecule has 1 atom stereocenters. The van der Waals surface area contributed by atoms with Gasteiger partial charge in [0.1, 0.15) is 11.9 Å². The lowest BCUT2D eigenvalue weighted by Gasteiger charge is -2.19. The molecule has 0 bridgehead atoms. The van der Waals surface area contributed by atoms with Crippen molar-refractivity contribution >= 4 is 33.1 Å². The molecule has 0 aliphatic rings. The molecule has 3 aromatic carbocycles. The zero-order chi connectivity index (χ0) is 24.0. The zero-order valence-corrected chi connectivity index (χ0v) is 18.7. The molecular formula is C23H25N5O4S. The van der Waals surface area contributed by atoms with Gasteiger partial charge in [0, 0.05) is 29.6 Å². The molecule has 7 N–H and O–H groups in total. The van der Waals surface area contributed by atoms with Crippen LogP contribution in [0.3, 0.4) is 0 Å². The van der Waals surface area contributed by atoms with E-state index in [1.165, 1.54) is 13.2 Å². The fraction of sp³-hybridized carbons (Fsp3) is 0.130. The molecule has 0 spiro atoms. The van der Waals surface area contributed by atoms with Crippen LogP contribution in [-0.2, 0) is 19.6 Å². The lowest BCUT2D eigenvalue weighted by Crippen LogP contribution is -2.38. The number of hydrogen-bond acceptors (Lipinski definition) is 6. The largest absolute Gasteiger partial charge is 0.384 e. The van der Waals surface area contributed by atoms with Crippen LogP contribution in [0.25, 0.3) is 11.1 Å². The summed E-state index contributed by atoms with van der Waals surface area (Å²) in [6, 6.07) is 19.4. The number of nitrogens with two attached hydrogens (primary N) is 2. The first-order valence-corrected chi connectivity index (χ1v) is 11.5. The fourth-order valence-corrected chi connectivity index (χ4v) is 4.00. The Kier molecular flexibility index (Phi) is 7.44. The van der Waals surface area contributed by atoms with Crippen molar-refractivity contribution in [3.63, 3.8) is 0 Å². The number of carbonyl (C=O) groups excluding carboxylic acids is 1. The van der Waals surface area contributed by atoms with Gasteiger partial charge in [-0.05, 0) is 35.9 Å². The van der Waals surface area contributed by atoms with Crippen LogP contribution in [0.4, 0.5) is 11.4 Å². The third-order valence-corrected chi connectivity index (χ3v) is 5.79. The Bertz CT molecular complexity index is 1260. The first-order chi connectivity index (χ1) is 15.7. The van der Waals surface area contributed by atoms with Gasteiger partial charge in [0.2, 0.25) is 15.9 Å². The maximum atomic E-state index is 12.8. The summed E-state index contributed by atoms with van der Waals surface area (Å²) in [7, 11) is -2.39. The SMILES string of the molecule is COC[C@H](Nc1cccc(C(=N)N)c1)C(=O)Nc1ccc(-c2ccccc2S(N)(=O)=O)cc1. The van der Waals surface area contributed by atoms with Gasteiger partial charge in [-0.15, -0.1) is 0 Å². The van der Waals surface area contributed by atoms with Crippen molar-refractivity contribution in [2.75, 3.05) is 24.4 Å². The van der Waals surface area contributed by atoms with Crippen LogP contribution in [0.5, 0.6) is 0 Å². The van der Waals surface area contributed by atoms with Crippen molar-refractivity contribution < 1.29 is 17.9 Å². The van der Waals surface area contributed by atoms with Gasteiger partial charge in [-0.3, -0.25) is 10.2 Å². The summed E-state index contributed by atoms with van der Waals surface area (Å²) >= 11 is 0. The van der Waals surface area contributed by atoms with Crippen LogP contribution in [0.1, 0.15) is 5.56 Å². The molecule has 0 aliphatic heterocycles. The normalized spacial score (nSPS) is 12.1. The van der Waals surface area contributed by atoms with Crippen molar-refractivity contribution in [2.45, 2.75) is 10.9 Å². The van der Waals surface area contributed by atoms with E-state index >= 15 is 0 Å². The first kappa shape index (κ1) is 23.9. The highest BCUT2D eigenvalue weighted by atomic mass is 32.2. The Balaban J connectivity index is 1.76. The predicted octanol–water partition coefficient (Wildman–Crippen LogP) is 2.35. The van der Waals surface area contributed by atoms with E-state index in [4.69, 9.17) is 21.0 Å². The molecule has 9 nitrogen and oxygen atoms in total.